The molecule has 0 radical (unpaired) electrons. The molecule has 2 rings (SSSR count). The van der Waals surface area contributed by atoms with Crippen LogP contribution in [0.4, 0.5) is 16.2 Å². The van der Waals surface area contributed by atoms with Gasteiger partial charge in [-0.1, -0.05) is 6.92 Å². The molecule has 1 aliphatic heterocycles. The predicted molar refractivity (Wildman–Crippen MR) is 90.5 cm³/mol. The Balaban J connectivity index is 1.95. The lowest BCUT2D eigenvalue weighted by Crippen LogP contribution is -2.40. The van der Waals surface area contributed by atoms with Crippen molar-refractivity contribution in [2.24, 2.45) is 5.92 Å². The molecule has 1 fully saturated rings. The average Bonchev–Trinajstić information content (AvgIpc) is 3.00. The highest BCUT2D eigenvalue weighted by Crippen LogP contribution is 2.26. The molecule has 1 aromatic rings. The molecule has 5 heteroatoms. The number of nitrogens with zero attached hydrogens (tertiary/aromatic N) is 1. The third-order valence-electron chi connectivity index (χ3n) is 4.40. The molecule has 1 saturated heterocycles. The molecule has 0 spiro atoms. The van der Waals surface area contributed by atoms with Gasteiger partial charge >= 0.3 is 6.03 Å². The van der Waals surface area contributed by atoms with E-state index in [1.54, 1.807) is 0 Å². The van der Waals surface area contributed by atoms with Gasteiger partial charge in [-0.25, -0.2) is 4.79 Å². The summed E-state index contributed by atoms with van der Waals surface area (Å²) >= 11 is 0. The third-order valence-corrected chi connectivity index (χ3v) is 4.40. The molecule has 0 aromatic heterocycles. The molecule has 122 valence electrons. The first-order valence-corrected chi connectivity index (χ1v) is 8.05. The molecule has 2 atom stereocenters. The first kappa shape index (κ1) is 16.6. The van der Waals surface area contributed by atoms with Gasteiger partial charge in [-0.3, -0.25) is 0 Å². The molecule has 3 N–H and O–H groups in total. The molecule has 2 amide bonds. The van der Waals surface area contributed by atoms with Gasteiger partial charge in [0.25, 0.3) is 0 Å². The Labute approximate surface area is 132 Å². The van der Waals surface area contributed by atoms with Crippen LogP contribution in [-0.2, 0) is 0 Å². The summed E-state index contributed by atoms with van der Waals surface area (Å²) in [5.41, 5.74) is 3.23. The van der Waals surface area contributed by atoms with Gasteiger partial charge in [-0.2, -0.15) is 0 Å². The van der Waals surface area contributed by atoms with Crippen LogP contribution in [0.2, 0.25) is 0 Å². The number of nitrogens with one attached hydrogen (secondary N) is 2. The molecule has 0 aliphatic carbocycles. The van der Waals surface area contributed by atoms with Crippen molar-refractivity contribution in [3.05, 3.63) is 23.8 Å². The minimum atomic E-state index is -0.235. The highest BCUT2D eigenvalue weighted by Gasteiger charge is 2.16. The molecule has 1 aromatic carbocycles. The number of benzene rings is 1. The Bertz CT molecular complexity index is 513. The lowest BCUT2D eigenvalue weighted by molar-refractivity contribution is 0.204. The second-order valence-electron chi connectivity index (χ2n) is 6.24. The Morgan fingerprint density at radius 1 is 1.32 bits per heavy atom. The zero-order valence-corrected chi connectivity index (χ0v) is 13.7. The lowest BCUT2D eigenvalue weighted by Gasteiger charge is -2.22. The van der Waals surface area contributed by atoms with Gasteiger partial charge in [0.1, 0.15) is 0 Å². The SMILES string of the molecule is Cc1cc(NC(=O)N[C@H](C)[C@H](C)CO)ccc1N1CCCC1. The molecule has 1 heterocycles. The van der Waals surface area contributed by atoms with E-state index in [-0.39, 0.29) is 24.6 Å². The number of carbonyl (C=O) groups is 1. The van der Waals surface area contributed by atoms with Crippen molar-refractivity contribution in [1.29, 1.82) is 0 Å². The minimum absolute atomic E-state index is 0.0324. The van der Waals surface area contributed by atoms with E-state index in [0.717, 1.165) is 18.8 Å². The van der Waals surface area contributed by atoms with E-state index in [9.17, 15) is 4.79 Å². The van der Waals surface area contributed by atoms with Crippen LogP contribution in [0.1, 0.15) is 32.3 Å². The number of carbonyl (C=O) groups excluding carboxylic acids is 1. The van der Waals surface area contributed by atoms with E-state index in [1.165, 1.54) is 24.1 Å². The Morgan fingerprint density at radius 3 is 2.59 bits per heavy atom. The van der Waals surface area contributed by atoms with Gasteiger partial charge < -0.3 is 20.6 Å². The lowest BCUT2D eigenvalue weighted by atomic mass is 10.1. The van der Waals surface area contributed by atoms with Crippen molar-refractivity contribution in [1.82, 2.24) is 5.32 Å². The average molecular weight is 305 g/mol. The number of anilines is 2. The standard InChI is InChI=1S/C17H27N3O2/c1-12-10-15(6-7-16(12)20-8-4-5-9-20)19-17(22)18-14(3)13(2)11-21/h6-7,10,13-14,21H,4-5,8-9,11H2,1-3H3,(H2,18,19,22)/t13-,14-/m1/s1. The second kappa shape index (κ2) is 7.49. The summed E-state index contributed by atoms with van der Waals surface area (Å²) in [6, 6.07) is 5.72. The Hall–Kier alpha value is -1.75. The van der Waals surface area contributed by atoms with Crippen molar-refractivity contribution in [3.8, 4) is 0 Å². The van der Waals surface area contributed by atoms with Crippen molar-refractivity contribution >= 4 is 17.4 Å². The number of aliphatic hydroxyl groups excluding tert-OH is 1. The maximum Gasteiger partial charge on any atom is 0.319 e. The van der Waals surface area contributed by atoms with Gasteiger partial charge in [-0.05, 0) is 56.4 Å². The van der Waals surface area contributed by atoms with Gasteiger partial charge in [0.2, 0.25) is 0 Å². The Morgan fingerprint density at radius 2 is 2.00 bits per heavy atom. The summed E-state index contributed by atoms with van der Waals surface area (Å²) in [6.07, 6.45) is 2.51. The zero-order valence-electron chi connectivity index (χ0n) is 13.7. The van der Waals surface area contributed by atoms with Crippen molar-refractivity contribution in [3.63, 3.8) is 0 Å². The topological polar surface area (TPSA) is 64.6 Å². The molecule has 0 bridgehead atoms. The largest absolute Gasteiger partial charge is 0.396 e. The summed E-state index contributed by atoms with van der Waals surface area (Å²) in [6.45, 7) is 8.16. The van der Waals surface area contributed by atoms with Crippen LogP contribution in [-0.4, -0.2) is 36.9 Å². The molecule has 5 nitrogen and oxygen atoms in total. The van der Waals surface area contributed by atoms with E-state index in [2.05, 4.69) is 28.5 Å². The summed E-state index contributed by atoms with van der Waals surface area (Å²) in [7, 11) is 0. The fourth-order valence-electron chi connectivity index (χ4n) is 2.72. The van der Waals surface area contributed by atoms with E-state index >= 15 is 0 Å². The first-order valence-electron chi connectivity index (χ1n) is 8.05. The first-order chi connectivity index (χ1) is 10.5. The van der Waals surface area contributed by atoms with Gasteiger partial charge in [0.15, 0.2) is 0 Å². The number of hydrogen-bond acceptors (Lipinski definition) is 3. The third kappa shape index (κ3) is 4.13. The monoisotopic (exact) mass is 305 g/mol. The fourth-order valence-corrected chi connectivity index (χ4v) is 2.72. The highest BCUT2D eigenvalue weighted by atomic mass is 16.3. The number of aryl methyl sites for hydroxylation is 1. The maximum absolute atomic E-state index is 12.0. The minimum Gasteiger partial charge on any atom is -0.396 e. The van der Waals surface area contributed by atoms with Gasteiger partial charge in [0, 0.05) is 37.1 Å². The molecule has 0 saturated carbocycles. The second-order valence-corrected chi connectivity index (χ2v) is 6.24. The maximum atomic E-state index is 12.0. The summed E-state index contributed by atoms with van der Waals surface area (Å²) in [4.78, 5) is 14.4. The number of hydrogen-bond donors (Lipinski definition) is 3. The van der Waals surface area contributed by atoms with Crippen LogP contribution in [0.25, 0.3) is 0 Å². The number of rotatable bonds is 5. The number of amides is 2. The smallest absolute Gasteiger partial charge is 0.319 e. The molecule has 22 heavy (non-hydrogen) atoms. The van der Waals surface area contributed by atoms with Crippen molar-refractivity contribution in [2.45, 2.75) is 39.7 Å². The van der Waals surface area contributed by atoms with Crippen LogP contribution < -0.4 is 15.5 Å². The highest BCUT2D eigenvalue weighted by molar-refractivity contribution is 5.89. The van der Waals surface area contributed by atoms with E-state index in [1.807, 2.05) is 26.0 Å². The predicted octanol–water partition coefficient (Wildman–Crippen LogP) is 2.73. The fraction of sp³-hybridized carbons (Fsp3) is 0.588. The van der Waals surface area contributed by atoms with Gasteiger partial charge in [0.05, 0.1) is 0 Å². The van der Waals surface area contributed by atoms with E-state index < -0.39 is 0 Å². The molecule has 1 aliphatic rings. The van der Waals surface area contributed by atoms with Crippen LogP contribution >= 0.6 is 0 Å². The van der Waals surface area contributed by atoms with E-state index in [4.69, 9.17) is 5.11 Å². The van der Waals surface area contributed by atoms with E-state index in [0.29, 0.717) is 0 Å². The Kier molecular flexibility index (Phi) is 5.66. The van der Waals surface area contributed by atoms with Crippen LogP contribution in [0.15, 0.2) is 18.2 Å². The summed E-state index contributed by atoms with van der Waals surface area (Å²) in [5, 5.41) is 14.8. The summed E-state index contributed by atoms with van der Waals surface area (Å²) < 4.78 is 0. The summed E-state index contributed by atoms with van der Waals surface area (Å²) in [5.74, 6) is 0.0324. The molecular weight excluding hydrogens is 278 g/mol. The molecular formula is C17H27N3O2. The van der Waals surface area contributed by atoms with Crippen LogP contribution in [0, 0.1) is 12.8 Å². The quantitative estimate of drug-likeness (QED) is 0.784. The zero-order chi connectivity index (χ0) is 16.1. The van der Waals surface area contributed by atoms with Crippen LogP contribution in [0.5, 0.6) is 0 Å². The number of aliphatic hydroxyl groups is 1. The van der Waals surface area contributed by atoms with Crippen molar-refractivity contribution < 1.29 is 9.90 Å². The number of urea groups is 1. The van der Waals surface area contributed by atoms with Crippen LogP contribution in [0.3, 0.4) is 0 Å². The van der Waals surface area contributed by atoms with Crippen molar-refractivity contribution in [2.75, 3.05) is 29.9 Å². The normalized spacial score (nSPS) is 17.2. The molecule has 0 unspecified atom stereocenters. The van der Waals surface area contributed by atoms with Gasteiger partial charge in [-0.15, -0.1) is 0 Å².